The first-order chi connectivity index (χ1) is 8.11. The highest BCUT2D eigenvalue weighted by Crippen LogP contribution is 2.23. The number of aromatic amines is 1. The zero-order valence-electron chi connectivity index (χ0n) is 8.58. The van der Waals surface area contributed by atoms with Crippen LogP contribution < -0.4 is 5.56 Å². The van der Waals surface area contributed by atoms with Gasteiger partial charge < -0.3 is 10.1 Å². The van der Waals surface area contributed by atoms with Crippen molar-refractivity contribution >= 4 is 11.6 Å². The van der Waals surface area contributed by atoms with Crippen molar-refractivity contribution in [3.8, 4) is 17.0 Å². The van der Waals surface area contributed by atoms with E-state index >= 15 is 0 Å². The zero-order chi connectivity index (χ0) is 12.4. The van der Waals surface area contributed by atoms with Crippen LogP contribution in [0.4, 0.5) is 4.39 Å². The van der Waals surface area contributed by atoms with Gasteiger partial charge in [0.2, 0.25) is 5.88 Å². The molecule has 17 heavy (non-hydrogen) atoms. The van der Waals surface area contributed by atoms with E-state index in [0.29, 0.717) is 5.56 Å². The number of alkyl halides is 1. The van der Waals surface area contributed by atoms with Gasteiger partial charge in [0.1, 0.15) is 17.2 Å². The minimum absolute atomic E-state index is 0.00105. The van der Waals surface area contributed by atoms with Gasteiger partial charge in [-0.3, -0.25) is 4.79 Å². The number of hydrogen-bond donors (Lipinski definition) is 2. The van der Waals surface area contributed by atoms with Crippen LogP contribution in [0.5, 0.6) is 5.88 Å². The number of nitrogens with one attached hydrogen (secondary N) is 1. The number of H-pyrrole nitrogens is 1. The first-order valence-corrected chi connectivity index (χ1v) is 5.29. The minimum Gasteiger partial charge on any atom is -0.493 e. The molecular formula is C11H8ClFN2O2. The van der Waals surface area contributed by atoms with Crippen molar-refractivity contribution < 1.29 is 9.50 Å². The average molecular weight is 255 g/mol. The number of aromatic hydroxyl groups is 1. The molecule has 88 valence electrons. The molecule has 0 fully saturated rings. The minimum atomic E-state index is -0.514. The van der Waals surface area contributed by atoms with E-state index in [1.807, 2.05) is 0 Å². The largest absolute Gasteiger partial charge is 0.493 e. The molecule has 0 atom stereocenters. The van der Waals surface area contributed by atoms with Crippen LogP contribution >= 0.6 is 11.6 Å². The highest BCUT2D eigenvalue weighted by atomic mass is 35.5. The summed E-state index contributed by atoms with van der Waals surface area (Å²) < 4.78 is 12.7. The van der Waals surface area contributed by atoms with Crippen molar-refractivity contribution in [3.63, 3.8) is 0 Å². The summed E-state index contributed by atoms with van der Waals surface area (Å²) >= 11 is 5.50. The molecule has 1 aromatic heterocycles. The van der Waals surface area contributed by atoms with Gasteiger partial charge in [-0.15, -0.1) is 11.6 Å². The third-order valence-electron chi connectivity index (χ3n) is 2.21. The molecule has 0 amide bonds. The van der Waals surface area contributed by atoms with Crippen LogP contribution in [0.2, 0.25) is 0 Å². The van der Waals surface area contributed by atoms with E-state index in [0.717, 1.165) is 0 Å². The summed E-state index contributed by atoms with van der Waals surface area (Å²) in [4.78, 5) is 17.8. The molecule has 1 aromatic carbocycles. The van der Waals surface area contributed by atoms with E-state index in [1.165, 1.54) is 24.3 Å². The van der Waals surface area contributed by atoms with Crippen LogP contribution in [-0.4, -0.2) is 15.1 Å². The SMILES string of the molecule is O=c1[nH]c(CCl)nc(O)c1-c1ccc(F)cc1. The number of benzene rings is 1. The Bertz CT molecular complexity index is 595. The summed E-state index contributed by atoms with van der Waals surface area (Å²) in [7, 11) is 0. The zero-order valence-corrected chi connectivity index (χ0v) is 9.33. The Labute approximate surface area is 101 Å². The molecule has 2 aromatic rings. The van der Waals surface area contributed by atoms with Crippen LogP contribution in [-0.2, 0) is 5.88 Å². The Hall–Kier alpha value is -1.88. The fraction of sp³-hybridized carbons (Fsp3) is 0.0909. The Morgan fingerprint density at radius 1 is 1.35 bits per heavy atom. The predicted molar refractivity (Wildman–Crippen MR) is 61.5 cm³/mol. The number of hydrogen-bond acceptors (Lipinski definition) is 3. The van der Waals surface area contributed by atoms with Gasteiger partial charge in [-0.05, 0) is 17.7 Å². The van der Waals surface area contributed by atoms with Crippen molar-refractivity contribution in [2.75, 3.05) is 0 Å². The van der Waals surface area contributed by atoms with Crippen LogP contribution in [0, 0.1) is 5.82 Å². The Balaban J connectivity index is 2.60. The second-order valence-electron chi connectivity index (χ2n) is 3.35. The van der Waals surface area contributed by atoms with Crippen molar-refractivity contribution in [1.29, 1.82) is 0 Å². The van der Waals surface area contributed by atoms with Gasteiger partial charge in [0.15, 0.2) is 0 Å². The standard InChI is InChI=1S/C11H8ClFN2O2/c12-5-8-14-10(16)9(11(17)15-8)6-1-3-7(13)4-2-6/h1-4H,5H2,(H2,14,15,16,17). The normalized spacial score (nSPS) is 10.5. The lowest BCUT2D eigenvalue weighted by Gasteiger charge is -2.04. The van der Waals surface area contributed by atoms with Gasteiger partial charge in [-0.2, -0.15) is 4.98 Å². The van der Waals surface area contributed by atoms with Gasteiger partial charge >= 0.3 is 0 Å². The maximum atomic E-state index is 12.7. The molecule has 0 radical (unpaired) electrons. The summed E-state index contributed by atoms with van der Waals surface area (Å²) in [6.07, 6.45) is 0. The molecule has 0 aliphatic heterocycles. The summed E-state index contributed by atoms with van der Waals surface area (Å²) in [5, 5.41) is 9.64. The van der Waals surface area contributed by atoms with Crippen LogP contribution in [0.3, 0.4) is 0 Å². The molecule has 2 rings (SSSR count). The molecule has 6 heteroatoms. The molecule has 0 saturated heterocycles. The molecule has 0 aliphatic carbocycles. The smallest absolute Gasteiger partial charge is 0.262 e. The van der Waals surface area contributed by atoms with Gasteiger partial charge in [0, 0.05) is 0 Å². The summed E-state index contributed by atoms with van der Waals surface area (Å²) in [6, 6.07) is 5.18. The molecule has 0 bridgehead atoms. The lowest BCUT2D eigenvalue weighted by molar-refractivity contribution is 0.451. The first kappa shape index (κ1) is 11.6. The fourth-order valence-corrected chi connectivity index (χ4v) is 1.57. The molecule has 4 nitrogen and oxygen atoms in total. The fourth-order valence-electron chi connectivity index (χ4n) is 1.45. The van der Waals surface area contributed by atoms with Gasteiger partial charge in [0.25, 0.3) is 5.56 Å². The van der Waals surface area contributed by atoms with E-state index in [2.05, 4.69) is 9.97 Å². The maximum absolute atomic E-state index is 12.7. The quantitative estimate of drug-likeness (QED) is 0.806. The molecule has 2 N–H and O–H groups in total. The number of rotatable bonds is 2. The van der Waals surface area contributed by atoms with Gasteiger partial charge in [-0.1, -0.05) is 12.1 Å². The monoisotopic (exact) mass is 254 g/mol. The van der Waals surface area contributed by atoms with Crippen LogP contribution in [0.1, 0.15) is 5.82 Å². The molecule has 0 unspecified atom stereocenters. The summed E-state index contributed by atoms with van der Waals surface area (Å²) in [6.45, 7) is 0. The Morgan fingerprint density at radius 2 is 2.00 bits per heavy atom. The molecule has 0 saturated carbocycles. The molecule has 0 aliphatic rings. The van der Waals surface area contributed by atoms with Gasteiger partial charge in [0.05, 0.1) is 5.88 Å². The average Bonchev–Trinajstić information content (AvgIpc) is 2.30. The van der Waals surface area contributed by atoms with Crippen LogP contribution in [0.15, 0.2) is 29.1 Å². The van der Waals surface area contributed by atoms with Crippen molar-refractivity contribution in [1.82, 2.24) is 9.97 Å². The van der Waals surface area contributed by atoms with Crippen molar-refractivity contribution in [2.45, 2.75) is 5.88 Å². The maximum Gasteiger partial charge on any atom is 0.262 e. The van der Waals surface area contributed by atoms with Crippen LogP contribution in [0.25, 0.3) is 11.1 Å². The van der Waals surface area contributed by atoms with Crippen molar-refractivity contribution in [3.05, 3.63) is 46.3 Å². The molecular weight excluding hydrogens is 247 g/mol. The molecule has 0 spiro atoms. The highest BCUT2D eigenvalue weighted by Gasteiger charge is 2.12. The third kappa shape index (κ3) is 2.29. The third-order valence-corrected chi connectivity index (χ3v) is 2.46. The van der Waals surface area contributed by atoms with E-state index in [4.69, 9.17) is 11.6 Å². The van der Waals surface area contributed by atoms with E-state index in [1.54, 1.807) is 0 Å². The van der Waals surface area contributed by atoms with Gasteiger partial charge in [-0.25, -0.2) is 4.39 Å². The summed E-state index contributed by atoms with van der Waals surface area (Å²) in [5.41, 5.74) is -0.127. The van der Waals surface area contributed by atoms with E-state index < -0.39 is 17.3 Å². The Morgan fingerprint density at radius 3 is 2.53 bits per heavy atom. The predicted octanol–water partition coefficient (Wildman–Crippen LogP) is 2.02. The van der Waals surface area contributed by atoms with E-state index in [-0.39, 0.29) is 17.3 Å². The topological polar surface area (TPSA) is 66.0 Å². The first-order valence-electron chi connectivity index (χ1n) is 4.76. The lowest BCUT2D eigenvalue weighted by atomic mass is 10.1. The Kier molecular flexibility index (Phi) is 3.10. The van der Waals surface area contributed by atoms with Crippen molar-refractivity contribution in [2.24, 2.45) is 0 Å². The number of halogens is 2. The second-order valence-corrected chi connectivity index (χ2v) is 3.62. The number of nitrogens with zero attached hydrogens (tertiary/aromatic N) is 1. The lowest BCUT2D eigenvalue weighted by Crippen LogP contribution is -2.13. The van der Waals surface area contributed by atoms with E-state index in [9.17, 15) is 14.3 Å². The second kappa shape index (κ2) is 4.55. The molecule has 1 heterocycles. The highest BCUT2D eigenvalue weighted by molar-refractivity contribution is 6.16. The summed E-state index contributed by atoms with van der Waals surface area (Å²) in [5.74, 6) is -0.669. The number of aromatic nitrogens is 2.